The van der Waals surface area contributed by atoms with E-state index in [9.17, 15) is 5.11 Å². The molecule has 3 fully saturated rings. The molecule has 0 spiro atoms. The summed E-state index contributed by atoms with van der Waals surface area (Å²) in [7, 11) is 0. The van der Waals surface area contributed by atoms with Crippen molar-refractivity contribution < 1.29 is 5.11 Å². The number of aliphatic hydroxyl groups is 1. The van der Waals surface area contributed by atoms with Crippen molar-refractivity contribution in [2.45, 2.75) is 105 Å². The fourth-order valence-corrected chi connectivity index (χ4v) is 8.68. The number of allylic oxidation sites excluding steroid dienone is 4. The zero-order valence-corrected chi connectivity index (χ0v) is 20.7. The minimum Gasteiger partial charge on any atom is -0.393 e. The van der Waals surface area contributed by atoms with Crippen molar-refractivity contribution in [3.8, 4) is 0 Å². The average Bonchev–Trinajstić information content (AvgIpc) is 3.06. The molecule has 0 bridgehead atoms. The third kappa shape index (κ3) is 3.66. The highest BCUT2D eigenvalue weighted by Gasteiger charge is 2.57. The van der Waals surface area contributed by atoms with Crippen molar-refractivity contribution in [1.29, 1.82) is 0 Å². The molecule has 1 N–H and O–H groups in total. The van der Waals surface area contributed by atoms with Gasteiger partial charge in [0.15, 0.2) is 0 Å². The van der Waals surface area contributed by atoms with Gasteiger partial charge in [-0.25, -0.2) is 0 Å². The van der Waals surface area contributed by atoms with Crippen molar-refractivity contribution in [2.75, 3.05) is 0 Å². The molecule has 1 nitrogen and oxygen atoms in total. The van der Waals surface area contributed by atoms with E-state index in [2.05, 4.69) is 59.8 Å². The summed E-state index contributed by atoms with van der Waals surface area (Å²) in [6.45, 7) is 14.8. The second-order valence-electron chi connectivity index (χ2n) is 12.5. The molecule has 30 heavy (non-hydrogen) atoms. The second kappa shape index (κ2) is 8.42. The third-order valence-electron chi connectivity index (χ3n) is 10.7. The molecular weight excluding hydrogens is 364 g/mol. The van der Waals surface area contributed by atoms with Crippen LogP contribution in [-0.4, -0.2) is 11.2 Å². The summed E-state index contributed by atoms with van der Waals surface area (Å²) in [6, 6.07) is 0. The molecule has 1 heteroatoms. The molecule has 0 amide bonds. The quantitative estimate of drug-likeness (QED) is 0.457. The largest absolute Gasteiger partial charge is 0.393 e. The predicted octanol–water partition coefficient (Wildman–Crippen LogP) is 7.80. The van der Waals surface area contributed by atoms with Gasteiger partial charge in [-0.15, -0.1) is 0 Å². The van der Waals surface area contributed by atoms with Crippen LogP contribution < -0.4 is 0 Å². The third-order valence-corrected chi connectivity index (χ3v) is 10.7. The van der Waals surface area contributed by atoms with Crippen LogP contribution in [0.25, 0.3) is 0 Å². The molecule has 0 aliphatic heterocycles. The maximum absolute atomic E-state index is 10.3. The number of hydrogen-bond acceptors (Lipinski definition) is 1. The van der Waals surface area contributed by atoms with Gasteiger partial charge >= 0.3 is 0 Å². The number of rotatable bonds is 5. The maximum atomic E-state index is 10.3. The molecule has 4 aliphatic carbocycles. The fourth-order valence-electron chi connectivity index (χ4n) is 8.68. The fraction of sp³-hybridized carbons (Fsp3) is 0.862. The molecule has 0 heterocycles. The molecule has 4 rings (SSSR count). The Morgan fingerprint density at radius 1 is 1.00 bits per heavy atom. The zero-order valence-electron chi connectivity index (χ0n) is 20.7. The molecular formula is C29H48O. The highest BCUT2D eigenvalue weighted by Crippen LogP contribution is 2.66. The van der Waals surface area contributed by atoms with Gasteiger partial charge < -0.3 is 5.11 Å². The van der Waals surface area contributed by atoms with Crippen molar-refractivity contribution >= 4 is 0 Å². The van der Waals surface area contributed by atoms with Crippen molar-refractivity contribution in [3.05, 3.63) is 23.8 Å². The van der Waals surface area contributed by atoms with E-state index in [1.54, 1.807) is 0 Å². The van der Waals surface area contributed by atoms with Crippen LogP contribution in [0.15, 0.2) is 23.8 Å². The topological polar surface area (TPSA) is 20.2 Å². The monoisotopic (exact) mass is 412 g/mol. The van der Waals surface area contributed by atoms with E-state index in [4.69, 9.17) is 0 Å². The first-order valence-corrected chi connectivity index (χ1v) is 13.3. The molecule has 0 aromatic carbocycles. The van der Waals surface area contributed by atoms with E-state index in [1.807, 2.05) is 5.57 Å². The lowest BCUT2D eigenvalue weighted by Gasteiger charge is -2.57. The highest BCUT2D eigenvalue weighted by molar-refractivity contribution is 5.28. The number of hydrogen-bond donors (Lipinski definition) is 1. The highest BCUT2D eigenvalue weighted by atomic mass is 16.3. The molecule has 0 saturated heterocycles. The minimum atomic E-state index is -0.0480. The zero-order chi connectivity index (χ0) is 21.7. The van der Waals surface area contributed by atoms with Crippen LogP contribution in [0, 0.1) is 52.3 Å². The van der Waals surface area contributed by atoms with Gasteiger partial charge in [0.2, 0.25) is 0 Å². The van der Waals surface area contributed by atoms with Crippen LogP contribution in [0.1, 0.15) is 99.3 Å². The van der Waals surface area contributed by atoms with Gasteiger partial charge in [0.25, 0.3) is 0 Å². The van der Waals surface area contributed by atoms with Gasteiger partial charge in [-0.05, 0) is 110 Å². The van der Waals surface area contributed by atoms with Gasteiger partial charge in [0, 0.05) is 0 Å². The molecule has 0 radical (unpaired) electrons. The predicted molar refractivity (Wildman–Crippen MR) is 128 cm³/mol. The molecule has 0 aromatic heterocycles. The Kier molecular flexibility index (Phi) is 6.35. The van der Waals surface area contributed by atoms with E-state index in [0.29, 0.717) is 22.7 Å². The van der Waals surface area contributed by atoms with Gasteiger partial charge in [-0.3, -0.25) is 0 Å². The van der Waals surface area contributed by atoms with Gasteiger partial charge in [-0.1, -0.05) is 65.3 Å². The van der Waals surface area contributed by atoms with Crippen LogP contribution in [0.2, 0.25) is 0 Å². The first kappa shape index (κ1) is 22.6. The Balaban J connectivity index is 1.53. The Hall–Kier alpha value is -0.560. The van der Waals surface area contributed by atoms with E-state index in [1.165, 1.54) is 44.9 Å². The lowest BCUT2D eigenvalue weighted by Crippen LogP contribution is -2.49. The molecule has 0 unspecified atom stereocenters. The summed E-state index contributed by atoms with van der Waals surface area (Å²) in [4.78, 5) is 0. The first-order valence-electron chi connectivity index (χ1n) is 13.3. The maximum Gasteiger partial charge on any atom is 0.0543 e. The molecule has 9 atom stereocenters. The summed E-state index contributed by atoms with van der Waals surface area (Å²) < 4.78 is 0. The second-order valence-corrected chi connectivity index (χ2v) is 12.5. The smallest absolute Gasteiger partial charge is 0.0543 e. The van der Waals surface area contributed by atoms with Gasteiger partial charge in [0.05, 0.1) is 6.10 Å². The summed E-state index contributed by atoms with van der Waals surface area (Å²) in [6.07, 6.45) is 19.2. The minimum absolute atomic E-state index is 0.0480. The first-order chi connectivity index (χ1) is 14.2. The molecule has 3 saturated carbocycles. The van der Waals surface area contributed by atoms with Crippen molar-refractivity contribution in [3.63, 3.8) is 0 Å². The van der Waals surface area contributed by atoms with Gasteiger partial charge in [0.1, 0.15) is 0 Å². The summed E-state index contributed by atoms with van der Waals surface area (Å²) in [5.41, 5.74) is 2.79. The summed E-state index contributed by atoms with van der Waals surface area (Å²) in [5.74, 6) is 5.32. The van der Waals surface area contributed by atoms with Crippen molar-refractivity contribution in [1.82, 2.24) is 0 Å². The Bertz CT molecular complexity index is 674. The van der Waals surface area contributed by atoms with Crippen LogP contribution >= 0.6 is 0 Å². The average molecular weight is 413 g/mol. The van der Waals surface area contributed by atoms with Crippen LogP contribution in [0.5, 0.6) is 0 Å². The van der Waals surface area contributed by atoms with E-state index >= 15 is 0 Å². The lowest BCUT2D eigenvalue weighted by molar-refractivity contribution is -0.0414. The van der Waals surface area contributed by atoms with E-state index in [0.717, 1.165) is 42.4 Å². The number of aliphatic hydroxyl groups excluding tert-OH is 1. The molecule has 4 aliphatic rings. The molecule has 170 valence electrons. The Labute approximate surface area is 186 Å². The van der Waals surface area contributed by atoms with E-state index in [-0.39, 0.29) is 6.10 Å². The van der Waals surface area contributed by atoms with Crippen LogP contribution in [0.3, 0.4) is 0 Å². The Morgan fingerprint density at radius 3 is 2.40 bits per heavy atom. The summed E-state index contributed by atoms with van der Waals surface area (Å²) >= 11 is 0. The van der Waals surface area contributed by atoms with Crippen molar-refractivity contribution in [2.24, 2.45) is 52.3 Å². The lowest BCUT2D eigenvalue weighted by atomic mass is 9.47. The van der Waals surface area contributed by atoms with Gasteiger partial charge in [-0.2, -0.15) is 0 Å². The SMILES string of the molecule is CC[C@H](C=C[C@H](C)[C@H]1CC[C@H]2C3=CC[C@H]4C[C@@H](O)CC[C@]4(C)[C@@H]3CC[C@]12C)C(C)C. The van der Waals surface area contributed by atoms with E-state index < -0.39 is 0 Å². The molecule has 0 aromatic rings. The summed E-state index contributed by atoms with van der Waals surface area (Å²) in [5, 5.41) is 10.3. The van der Waals surface area contributed by atoms with Crippen LogP contribution in [-0.2, 0) is 0 Å². The normalized spacial score (nSPS) is 45.6. The standard InChI is InChI=1S/C29H48O/c1-7-21(19(2)3)9-8-20(4)25-12-13-26-24-11-10-22-18-23(30)14-16-28(22,5)27(24)15-17-29(25,26)6/h8-9,11,19-23,25-27,30H,7,10,12-18H2,1-6H3/t20-,21+,22-,23-,25+,26-,27+,28-,29+/m0/s1. The van der Waals surface area contributed by atoms with Crippen LogP contribution in [0.4, 0.5) is 0 Å². The number of fused-ring (bicyclic) bond motifs is 5. The Morgan fingerprint density at radius 2 is 1.70 bits per heavy atom.